The van der Waals surface area contributed by atoms with E-state index in [1.54, 1.807) is 11.6 Å². The number of fused-ring (bicyclic) bond motifs is 1. The maximum atomic E-state index is 10.9. The van der Waals surface area contributed by atoms with Gasteiger partial charge in [0.2, 0.25) is 0 Å². The van der Waals surface area contributed by atoms with E-state index >= 15 is 0 Å². The monoisotopic (exact) mass is 242 g/mol. The molecule has 2 aromatic rings. The molecule has 1 aromatic carbocycles. The number of hydrogen-bond donors (Lipinski definition) is 2. The van der Waals surface area contributed by atoms with E-state index in [1.807, 2.05) is 32.0 Å². The van der Waals surface area contributed by atoms with Crippen molar-refractivity contribution in [3.05, 3.63) is 47.2 Å². The fourth-order valence-electron chi connectivity index (χ4n) is 1.82. The first-order chi connectivity index (χ1) is 8.60. The molecule has 0 atom stereocenters. The summed E-state index contributed by atoms with van der Waals surface area (Å²) in [7, 11) is 0. The average molecular weight is 242 g/mol. The van der Waals surface area contributed by atoms with Crippen LogP contribution in [0.4, 0.5) is 0 Å². The summed E-state index contributed by atoms with van der Waals surface area (Å²) in [6.07, 6.45) is 2.81. The third kappa shape index (κ3) is 2.55. The SMILES string of the molecule is Cc1ccc2nc(C=CC(=O)NO)cc(C)c2c1. The molecule has 0 aliphatic carbocycles. The minimum Gasteiger partial charge on any atom is -0.288 e. The van der Waals surface area contributed by atoms with Gasteiger partial charge in [-0.2, -0.15) is 0 Å². The number of amides is 1. The molecular weight excluding hydrogens is 228 g/mol. The zero-order valence-electron chi connectivity index (χ0n) is 10.3. The molecule has 4 heteroatoms. The molecule has 2 rings (SSSR count). The second-order valence-corrected chi connectivity index (χ2v) is 4.19. The summed E-state index contributed by atoms with van der Waals surface area (Å²) in [6.45, 7) is 4.05. The zero-order valence-corrected chi connectivity index (χ0v) is 10.3. The Kier molecular flexibility index (Phi) is 3.39. The standard InChI is InChI=1S/C14H14N2O2/c1-9-3-5-13-12(7-9)10(2)8-11(15-13)4-6-14(17)16-18/h3-8,18H,1-2H3,(H,16,17). The lowest BCUT2D eigenvalue weighted by atomic mass is 10.1. The number of nitrogens with zero attached hydrogens (tertiary/aromatic N) is 1. The quantitative estimate of drug-likeness (QED) is 0.483. The van der Waals surface area contributed by atoms with E-state index in [-0.39, 0.29) is 0 Å². The normalized spacial score (nSPS) is 11.1. The topological polar surface area (TPSA) is 62.2 Å². The highest BCUT2D eigenvalue weighted by atomic mass is 16.5. The largest absolute Gasteiger partial charge is 0.288 e. The lowest BCUT2D eigenvalue weighted by Gasteiger charge is -2.04. The molecule has 1 amide bonds. The van der Waals surface area contributed by atoms with Gasteiger partial charge in [0.15, 0.2) is 0 Å². The molecule has 0 aliphatic rings. The second kappa shape index (κ2) is 4.98. The van der Waals surface area contributed by atoms with Crippen LogP contribution in [-0.2, 0) is 4.79 Å². The Balaban J connectivity index is 2.46. The Labute approximate surface area is 105 Å². The fourth-order valence-corrected chi connectivity index (χ4v) is 1.82. The molecule has 1 aromatic heterocycles. The summed E-state index contributed by atoms with van der Waals surface area (Å²) < 4.78 is 0. The number of carbonyl (C=O) groups is 1. The molecule has 0 fully saturated rings. The number of rotatable bonds is 2. The summed E-state index contributed by atoms with van der Waals surface area (Å²) in [4.78, 5) is 15.3. The van der Waals surface area contributed by atoms with Gasteiger partial charge in [0.25, 0.3) is 5.91 Å². The van der Waals surface area contributed by atoms with Gasteiger partial charge in [-0.1, -0.05) is 11.6 Å². The van der Waals surface area contributed by atoms with Crippen LogP contribution in [0.15, 0.2) is 30.3 Å². The van der Waals surface area contributed by atoms with Gasteiger partial charge < -0.3 is 0 Å². The molecular formula is C14H14N2O2. The molecule has 0 saturated carbocycles. The summed E-state index contributed by atoms with van der Waals surface area (Å²) in [6, 6.07) is 7.96. The molecule has 0 saturated heterocycles. The van der Waals surface area contributed by atoms with E-state index in [1.165, 1.54) is 11.6 Å². The van der Waals surface area contributed by atoms with Gasteiger partial charge in [-0.25, -0.2) is 10.5 Å². The maximum Gasteiger partial charge on any atom is 0.267 e. The van der Waals surface area contributed by atoms with E-state index in [2.05, 4.69) is 11.1 Å². The van der Waals surface area contributed by atoms with E-state index in [0.717, 1.165) is 16.5 Å². The highest BCUT2D eigenvalue weighted by molar-refractivity contribution is 5.91. The highest BCUT2D eigenvalue weighted by Gasteiger charge is 2.01. The van der Waals surface area contributed by atoms with Crippen LogP contribution < -0.4 is 5.48 Å². The van der Waals surface area contributed by atoms with Gasteiger partial charge in [-0.3, -0.25) is 10.0 Å². The van der Waals surface area contributed by atoms with Crippen molar-refractivity contribution in [3.8, 4) is 0 Å². The van der Waals surface area contributed by atoms with Crippen LogP contribution in [-0.4, -0.2) is 16.1 Å². The van der Waals surface area contributed by atoms with Gasteiger partial charge in [0.1, 0.15) is 0 Å². The summed E-state index contributed by atoms with van der Waals surface area (Å²) in [5.74, 6) is -0.571. The van der Waals surface area contributed by atoms with Crippen LogP contribution in [0.3, 0.4) is 0 Å². The van der Waals surface area contributed by atoms with Crippen LogP contribution in [0.1, 0.15) is 16.8 Å². The number of carbonyl (C=O) groups excluding carboxylic acids is 1. The predicted octanol–water partition coefficient (Wildman–Crippen LogP) is 2.37. The predicted molar refractivity (Wildman–Crippen MR) is 70.2 cm³/mol. The Morgan fingerprint density at radius 1 is 1.33 bits per heavy atom. The highest BCUT2D eigenvalue weighted by Crippen LogP contribution is 2.19. The van der Waals surface area contributed by atoms with E-state index in [9.17, 15) is 4.79 Å². The van der Waals surface area contributed by atoms with E-state index < -0.39 is 5.91 Å². The number of pyridine rings is 1. The van der Waals surface area contributed by atoms with Gasteiger partial charge >= 0.3 is 0 Å². The number of aryl methyl sites for hydroxylation is 2. The van der Waals surface area contributed by atoms with Crippen LogP contribution in [0.2, 0.25) is 0 Å². The lowest BCUT2D eigenvalue weighted by Crippen LogP contribution is -2.14. The van der Waals surface area contributed by atoms with Crippen LogP contribution in [0.5, 0.6) is 0 Å². The van der Waals surface area contributed by atoms with Gasteiger partial charge in [0.05, 0.1) is 11.2 Å². The Bertz CT molecular complexity index is 633. The molecule has 0 bridgehead atoms. The number of hydroxylamine groups is 1. The maximum absolute atomic E-state index is 10.9. The van der Waals surface area contributed by atoms with E-state index in [0.29, 0.717) is 5.69 Å². The van der Waals surface area contributed by atoms with Crippen molar-refractivity contribution >= 4 is 22.9 Å². The lowest BCUT2D eigenvalue weighted by molar-refractivity contribution is -0.124. The molecule has 92 valence electrons. The first kappa shape index (κ1) is 12.3. The van der Waals surface area contributed by atoms with Crippen molar-refractivity contribution in [3.63, 3.8) is 0 Å². The average Bonchev–Trinajstić information content (AvgIpc) is 2.37. The van der Waals surface area contributed by atoms with Crippen molar-refractivity contribution in [2.75, 3.05) is 0 Å². The smallest absolute Gasteiger partial charge is 0.267 e. The summed E-state index contributed by atoms with van der Waals surface area (Å²) in [5, 5.41) is 9.51. The molecule has 2 N–H and O–H groups in total. The third-order valence-corrected chi connectivity index (χ3v) is 2.71. The third-order valence-electron chi connectivity index (χ3n) is 2.71. The zero-order chi connectivity index (χ0) is 13.1. The van der Waals surface area contributed by atoms with Gasteiger partial charge in [-0.05, 0) is 43.7 Å². The molecule has 0 spiro atoms. The van der Waals surface area contributed by atoms with Crippen molar-refractivity contribution in [1.82, 2.24) is 10.5 Å². The first-order valence-electron chi connectivity index (χ1n) is 5.60. The molecule has 0 radical (unpaired) electrons. The number of hydrogen-bond acceptors (Lipinski definition) is 3. The van der Waals surface area contributed by atoms with Gasteiger partial charge in [0, 0.05) is 11.5 Å². The number of nitrogens with one attached hydrogen (secondary N) is 1. The molecule has 1 heterocycles. The number of benzene rings is 1. The van der Waals surface area contributed by atoms with Crippen molar-refractivity contribution in [1.29, 1.82) is 0 Å². The van der Waals surface area contributed by atoms with E-state index in [4.69, 9.17) is 5.21 Å². The Morgan fingerprint density at radius 2 is 2.11 bits per heavy atom. The van der Waals surface area contributed by atoms with Crippen LogP contribution in [0.25, 0.3) is 17.0 Å². The van der Waals surface area contributed by atoms with Crippen molar-refractivity contribution < 1.29 is 10.0 Å². The van der Waals surface area contributed by atoms with Gasteiger partial charge in [-0.15, -0.1) is 0 Å². The first-order valence-corrected chi connectivity index (χ1v) is 5.60. The molecule has 18 heavy (non-hydrogen) atoms. The molecule has 0 aliphatic heterocycles. The number of aromatic nitrogens is 1. The second-order valence-electron chi connectivity index (χ2n) is 4.19. The minimum absolute atomic E-state index is 0.571. The molecule has 0 unspecified atom stereocenters. The summed E-state index contributed by atoms with van der Waals surface area (Å²) >= 11 is 0. The van der Waals surface area contributed by atoms with Crippen LogP contribution in [0, 0.1) is 13.8 Å². The Morgan fingerprint density at radius 3 is 2.83 bits per heavy atom. The minimum atomic E-state index is -0.571. The fraction of sp³-hybridized carbons (Fsp3) is 0.143. The summed E-state index contributed by atoms with van der Waals surface area (Å²) in [5.41, 5.74) is 5.42. The van der Waals surface area contributed by atoms with Crippen molar-refractivity contribution in [2.45, 2.75) is 13.8 Å². The van der Waals surface area contributed by atoms with Crippen molar-refractivity contribution in [2.24, 2.45) is 0 Å². The van der Waals surface area contributed by atoms with Crippen LogP contribution >= 0.6 is 0 Å². The molecule has 4 nitrogen and oxygen atoms in total. The Hall–Kier alpha value is -2.20.